The number of piperidine rings is 4. The molecule has 4 amide bonds. The fraction of sp³-hybridized carbons (Fsp3) is 0.640. The minimum atomic E-state index is -0.288. The van der Waals surface area contributed by atoms with Gasteiger partial charge >= 0.3 is 6.03 Å². The summed E-state index contributed by atoms with van der Waals surface area (Å²) in [4.78, 5) is 44.2. The summed E-state index contributed by atoms with van der Waals surface area (Å²) in [6, 6.07) is 6.52. The van der Waals surface area contributed by atoms with Gasteiger partial charge in [0.15, 0.2) is 0 Å². The quantitative estimate of drug-likeness (QED) is 0.760. The highest BCUT2D eigenvalue weighted by Gasteiger charge is 2.45. The van der Waals surface area contributed by atoms with Crippen LogP contribution in [0.25, 0.3) is 0 Å². The Hall–Kier alpha value is -2.64. The summed E-state index contributed by atoms with van der Waals surface area (Å²) >= 11 is 0. The molecule has 7 nitrogen and oxygen atoms in total. The molecule has 0 saturated carbocycles. The van der Waals surface area contributed by atoms with Crippen molar-refractivity contribution in [3.05, 3.63) is 35.6 Å². The van der Waals surface area contributed by atoms with Crippen molar-refractivity contribution < 1.29 is 18.8 Å². The van der Waals surface area contributed by atoms with E-state index in [0.717, 1.165) is 44.5 Å². The Morgan fingerprint density at radius 1 is 1.00 bits per heavy atom. The number of urea groups is 1. The van der Waals surface area contributed by atoms with Crippen molar-refractivity contribution in [3.8, 4) is 0 Å². The maximum Gasteiger partial charge on any atom is 0.320 e. The SMILES string of the molecule is O=C(NCc1ccc(F)cc1)C1CCN(C(=O)N2C[C@@H]3C[C@H](C2)[C@H]2CCCC(=O)N2C3)CC1. The minimum Gasteiger partial charge on any atom is -0.352 e. The van der Waals surface area contributed by atoms with E-state index in [1.165, 1.54) is 12.1 Å². The normalized spacial score (nSPS) is 27.8. The molecule has 0 radical (unpaired) electrons. The highest BCUT2D eigenvalue weighted by Crippen LogP contribution is 2.38. The zero-order valence-electron chi connectivity index (χ0n) is 19.0. The van der Waals surface area contributed by atoms with E-state index < -0.39 is 0 Å². The second-order valence-corrected chi connectivity index (χ2v) is 10.2. The Morgan fingerprint density at radius 2 is 1.76 bits per heavy atom. The smallest absolute Gasteiger partial charge is 0.320 e. The van der Waals surface area contributed by atoms with Gasteiger partial charge in [-0.2, -0.15) is 0 Å². The zero-order valence-corrected chi connectivity index (χ0v) is 19.0. The fourth-order valence-corrected chi connectivity index (χ4v) is 6.23. The standard InChI is InChI=1S/C25H33FN4O3/c26-21-6-4-17(5-7-21)13-27-24(32)19-8-10-28(11-9-19)25(33)29-14-18-12-20(16-29)22-2-1-3-23(31)30(22)15-18/h4-7,18-20,22H,1-3,8-16H2,(H,27,32)/t18-,20+,22+/m0/s1. The van der Waals surface area contributed by atoms with Crippen LogP contribution in [0.5, 0.6) is 0 Å². The Labute approximate surface area is 194 Å². The summed E-state index contributed by atoms with van der Waals surface area (Å²) in [5, 5.41) is 2.94. The maximum absolute atomic E-state index is 13.3. The van der Waals surface area contributed by atoms with Crippen LogP contribution in [0.15, 0.2) is 24.3 Å². The molecule has 1 aromatic carbocycles. The van der Waals surface area contributed by atoms with Gasteiger partial charge < -0.3 is 20.0 Å². The van der Waals surface area contributed by atoms with Crippen molar-refractivity contribution in [1.29, 1.82) is 0 Å². The van der Waals surface area contributed by atoms with E-state index in [0.29, 0.717) is 62.7 Å². The molecule has 5 rings (SSSR count). The summed E-state index contributed by atoms with van der Waals surface area (Å²) in [5.41, 5.74) is 0.867. The number of rotatable bonds is 3. The number of likely N-dealkylation sites (tertiary alicyclic amines) is 2. The van der Waals surface area contributed by atoms with Gasteiger partial charge in [0.1, 0.15) is 5.82 Å². The number of benzene rings is 1. The molecule has 0 spiro atoms. The van der Waals surface area contributed by atoms with Gasteiger partial charge in [0.2, 0.25) is 11.8 Å². The van der Waals surface area contributed by atoms with Gasteiger partial charge in [-0.15, -0.1) is 0 Å². The topological polar surface area (TPSA) is 73.0 Å². The molecule has 0 aliphatic carbocycles. The maximum atomic E-state index is 13.3. The van der Waals surface area contributed by atoms with Crippen LogP contribution in [0.4, 0.5) is 9.18 Å². The largest absolute Gasteiger partial charge is 0.352 e. The first-order chi connectivity index (χ1) is 16.0. The predicted octanol–water partition coefficient (Wildman–Crippen LogP) is 2.61. The van der Waals surface area contributed by atoms with Gasteiger partial charge in [-0.1, -0.05) is 12.1 Å². The number of hydrogen-bond donors (Lipinski definition) is 1. The van der Waals surface area contributed by atoms with E-state index in [2.05, 4.69) is 10.2 Å². The average Bonchev–Trinajstić information content (AvgIpc) is 2.84. The second-order valence-electron chi connectivity index (χ2n) is 10.2. The summed E-state index contributed by atoms with van der Waals surface area (Å²) in [7, 11) is 0. The first kappa shape index (κ1) is 22.2. The lowest BCUT2D eigenvalue weighted by Gasteiger charge is -2.53. The number of amides is 4. The van der Waals surface area contributed by atoms with Crippen molar-refractivity contribution in [2.24, 2.45) is 17.8 Å². The van der Waals surface area contributed by atoms with Crippen molar-refractivity contribution in [1.82, 2.24) is 20.0 Å². The molecule has 4 aliphatic heterocycles. The third-order valence-electron chi connectivity index (χ3n) is 7.97. The number of halogens is 1. The number of hydrogen-bond acceptors (Lipinski definition) is 3. The molecular weight excluding hydrogens is 423 g/mol. The number of carbonyl (C=O) groups excluding carboxylic acids is 3. The summed E-state index contributed by atoms with van der Waals surface area (Å²) < 4.78 is 13.0. The van der Waals surface area contributed by atoms with Crippen LogP contribution < -0.4 is 5.32 Å². The van der Waals surface area contributed by atoms with Crippen LogP contribution in [0, 0.1) is 23.6 Å². The molecule has 178 valence electrons. The summed E-state index contributed by atoms with van der Waals surface area (Å²) in [6.45, 7) is 3.82. The van der Waals surface area contributed by atoms with Crippen LogP contribution in [0.1, 0.15) is 44.1 Å². The number of fused-ring (bicyclic) bond motifs is 4. The Bertz CT molecular complexity index is 899. The molecule has 4 fully saturated rings. The minimum absolute atomic E-state index is 0.000913. The Morgan fingerprint density at radius 3 is 2.52 bits per heavy atom. The van der Waals surface area contributed by atoms with Gasteiger partial charge in [0, 0.05) is 57.6 Å². The van der Waals surface area contributed by atoms with E-state index in [4.69, 9.17) is 0 Å². The average molecular weight is 457 g/mol. The molecule has 4 saturated heterocycles. The summed E-state index contributed by atoms with van der Waals surface area (Å²) in [5.74, 6) is 0.670. The van der Waals surface area contributed by atoms with Gasteiger partial charge in [0.05, 0.1) is 0 Å². The lowest BCUT2D eigenvalue weighted by Crippen LogP contribution is -2.62. The van der Waals surface area contributed by atoms with E-state index >= 15 is 0 Å². The van der Waals surface area contributed by atoms with Gasteiger partial charge in [0.25, 0.3) is 0 Å². The highest BCUT2D eigenvalue weighted by atomic mass is 19.1. The molecule has 2 bridgehead atoms. The van der Waals surface area contributed by atoms with Crippen molar-refractivity contribution >= 4 is 17.8 Å². The molecule has 8 heteroatoms. The van der Waals surface area contributed by atoms with E-state index in [9.17, 15) is 18.8 Å². The molecular formula is C25H33FN4O3. The molecule has 0 unspecified atom stereocenters. The molecule has 4 aliphatic rings. The second kappa shape index (κ2) is 9.31. The predicted molar refractivity (Wildman–Crippen MR) is 120 cm³/mol. The molecule has 1 N–H and O–H groups in total. The Balaban J connectivity index is 1.11. The first-order valence-corrected chi connectivity index (χ1v) is 12.3. The van der Waals surface area contributed by atoms with Crippen molar-refractivity contribution in [2.75, 3.05) is 32.7 Å². The molecule has 4 heterocycles. The van der Waals surface area contributed by atoms with Crippen LogP contribution in [-0.4, -0.2) is 71.3 Å². The van der Waals surface area contributed by atoms with Crippen LogP contribution in [-0.2, 0) is 16.1 Å². The van der Waals surface area contributed by atoms with Crippen LogP contribution in [0.2, 0.25) is 0 Å². The third kappa shape index (κ3) is 4.70. The molecule has 33 heavy (non-hydrogen) atoms. The van der Waals surface area contributed by atoms with Gasteiger partial charge in [-0.25, -0.2) is 9.18 Å². The van der Waals surface area contributed by atoms with Gasteiger partial charge in [-0.3, -0.25) is 9.59 Å². The van der Waals surface area contributed by atoms with Gasteiger partial charge in [-0.05, 0) is 61.6 Å². The van der Waals surface area contributed by atoms with E-state index in [1.54, 1.807) is 12.1 Å². The third-order valence-corrected chi connectivity index (χ3v) is 7.97. The molecule has 1 aromatic rings. The fourth-order valence-electron chi connectivity index (χ4n) is 6.23. The molecule has 3 atom stereocenters. The Kier molecular flexibility index (Phi) is 6.25. The van der Waals surface area contributed by atoms with Crippen LogP contribution in [0.3, 0.4) is 0 Å². The van der Waals surface area contributed by atoms with Crippen molar-refractivity contribution in [2.45, 2.75) is 51.1 Å². The van der Waals surface area contributed by atoms with Crippen LogP contribution >= 0.6 is 0 Å². The molecule has 0 aromatic heterocycles. The van der Waals surface area contributed by atoms with E-state index in [1.807, 2.05) is 9.80 Å². The highest BCUT2D eigenvalue weighted by molar-refractivity contribution is 5.80. The summed E-state index contributed by atoms with van der Waals surface area (Å²) in [6.07, 6.45) is 5.13. The number of nitrogens with zero attached hydrogens (tertiary/aromatic N) is 3. The lowest BCUT2D eigenvalue weighted by atomic mass is 9.76. The zero-order chi connectivity index (χ0) is 22.9. The lowest BCUT2D eigenvalue weighted by molar-refractivity contribution is -0.144. The van der Waals surface area contributed by atoms with E-state index in [-0.39, 0.29) is 23.7 Å². The number of nitrogens with one attached hydrogen (secondary N) is 1. The number of carbonyl (C=O) groups is 3. The van der Waals surface area contributed by atoms with Crippen molar-refractivity contribution in [3.63, 3.8) is 0 Å². The first-order valence-electron chi connectivity index (χ1n) is 12.3. The monoisotopic (exact) mass is 456 g/mol.